The standard InChI is InChI=1S/C20H22N2O4/c23-17-8-6-16(7-9-17)20(25)22-13-11-21(12-14-22)19(24)10-15-26-18-4-2-1-3-5-18/h1-9,23H,10-15H2. The molecule has 0 radical (unpaired) electrons. The van der Waals surface area contributed by atoms with Crippen molar-refractivity contribution in [3.05, 3.63) is 60.2 Å². The van der Waals surface area contributed by atoms with Gasteiger partial charge in [-0.3, -0.25) is 9.59 Å². The first-order valence-electron chi connectivity index (χ1n) is 8.67. The van der Waals surface area contributed by atoms with Crippen LogP contribution in [-0.2, 0) is 4.79 Å². The maximum atomic E-state index is 12.4. The Balaban J connectivity index is 1.43. The lowest BCUT2D eigenvalue weighted by molar-refractivity contribution is -0.133. The van der Waals surface area contributed by atoms with E-state index in [1.54, 1.807) is 21.9 Å². The largest absolute Gasteiger partial charge is 0.508 e. The lowest BCUT2D eigenvalue weighted by Gasteiger charge is -2.34. The lowest BCUT2D eigenvalue weighted by atomic mass is 10.1. The number of benzene rings is 2. The molecule has 0 saturated carbocycles. The number of hydrogen-bond acceptors (Lipinski definition) is 4. The van der Waals surface area contributed by atoms with Crippen molar-refractivity contribution in [3.8, 4) is 11.5 Å². The van der Waals surface area contributed by atoms with Crippen molar-refractivity contribution in [1.29, 1.82) is 0 Å². The molecule has 0 aromatic heterocycles. The van der Waals surface area contributed by atoms with Crippen molar-refractivity contribution < 1.29 is 19.4 Å². The van der Waals surface area contributed by atoms with Gasteiger partial charge in [0.2, 0.25) is 5.91 Å². The average Bonchev–Trinajstić information content (AvgIpc) is 2.69. The predicted molar refractivity (Wildman–Crippen MR) is 97.1 cm³/mol. The molecule has 0 unspecified atom stereocenters. The summed E-state index contributed by atoms with van der Waals surface area (Å²) in [5.74, 6) is 0.849. The summed E-state index contributed by atoms with van der Waals surface area (Å²) in [6, 6.07) is 15.6. The first-order valence-corrected chi connectivity index (χ1v) is 8.67. The summed E-state index contributed by atoms with van der Waals surface area (Å²) in [5, 5.41) is 9.31. The number of para-hydroxylation sites is 1. The molecule has 1 aliphatic heterocycles. The van der Waals surface area contributed by atoms with Crippen LogP contribution in [0, 0.1) is 0 Å². The number of ether oxygens (including phenoxy) is 1. The van der Waals surface area contributed by atoms with E-state index in [-0.39, 0.29) is 17.6 Å². The summed E-state index contributed by atoms with van der Waals surface area (Å²) < 4.78 is 5.56. The van der Waals surface area contributed by atoms with Gasteiger partial charge in [-0.1, -0.05) is 18.2 Å². The number of carbonyl (C=O) groups is 2. The first kappa shape index (κ1) is 17.8. The van der Waals surface area contributed by atoms with Crippen LogP contribution in [0.1, 0.15) is 16.8 Å². The smallest absolute Gasteiger partial charge is 0.253 e. The molecule has 2 aromatic carbocycles. The van der Waals surface area contributed by atoms with E-state index in [0.29, 0.717) is 44.8 Å². The molecule has 0 aliphatic carbocycles. The fourth-order valence-corrected chi connectivity index (χ4v) is 2.88. The zero-order valence-electron chi connectivity index (χ0n) is 14.5. The van der Waals surface area contributed by atoms with Crippen molar-refractivity contribution in [2.45, 2.75) is 6.42 Å². The van der Waals surface area contributed by atoms with Crippen LogP contribution in [0.3, 0.4) is 0 Å². The number of phenolic OH excluding ortho intramolecular Hbond substituents is 1. The van der Waals surface area contributed by atoms with Crippen molar-refractivity contribution >= 4 is 11.8 Å². The molecule has 1 saturated heterocycles. The molecule has 2 amide bonds. The SMILES string of the molecule is O=C(CCOc1ccccc1)N1CCN(C(=O)c2ccc(O)cc2)CC1. The van der Waals surface area contributed by atoms with E-state index in [4.69, 9.17) is 4.74 Å². The molecule has 0 atom stereocenters. The number of carbonyl (C=O) groups excluding carboxylic acids is 2. The summed E-state index contributed by atoms with van der Waals surface area (Å²) in [7, 11) is 0. The Morgan fingerprint density at radius 2 is 1.50 bits per heavy atom. The Kier molecular flexibility index (Phi) is 5.73. The number of nitrogens with zero attached hydrogens (tertiary/aromatic N) is 2. The third-order valence-electron chi connectivity index (χ3n) is 4.36. The Morgan fingerprint density at radius 3 is 2.15 bits per heavy atom. The topological polar surface area (TPSA) is 70.1 Å². The van der Waals surface area contributed by atoms with E-state index in [2.05, 4.69) is 0 Å². The molecule has 0 spiro atoms. The van der Waals surface area contributed by atoms with Crippen LogP contribution in [0.4, 0.5) is 0 Å². The Morgan fingerprint density at radius 1 is 0.885 bits per heavy atom. The third-order valence-corrected chi connectivity index (χ3v) is 4.36. The van der Waals surface area contributed by atoms with Gasteiger partial charge in [0.15, 0.2) is 0 Å². The second kappa shape index (κ2) is 8.38. The number of piperazine rings is 1. The highest BCUT2D eigenvalue weighted by atomic mass is 16.5. The highest BCUT2D eigenvalue weighted by Crippen LogP contribution is 2.14. The maximum Gasteiger partial charge on any atom is 0.253 e. The van der Waals surface area contributed by atoms with Gasteiger partial charge >= 0.3 is 0 Å². The van der Waals surface area contributed by atoms with Gasteiger partial charge in [-0.15, -0.1) is 0 Å². The minimum Gasteiger partial charge on any atom is -0.508 e. The van der Waals surface area contributed by atoms with Gasteiger partial charge in [0.05, 0.1) is 13.0 Å². The lowest BCUT2D eigenvalue weighted by Crippen LogP contribution is -2.50. The molecule has 6 nitrogen and oxygen atoms in total. The average molecular weight is 354 g/mol. The number of phenols is 1. The van der Waals surface area contributed by atoms with Gasteiger partial charge in [-0.25, -0.2) is 0 Å². The molecule has 1 N–H and O–H groups in total. The fourth-order valence-electron chi connectivity index (χ4n) is 2.88. The Labute approximate surface area is 152 Å². The maximum absolute atomic E-state index is 12.4. The van der Waals surface area contributed by atoms with Gasteiger partial charge in [-0.2, -0.15) is 0 Å². The van der Waals surface area contributed by atoms with Crippen molar-refractivity contribution in [1.82, 2.24) is 9.80 Å². The molecular weight excluding hydrogens is 332 g/mol. The summed E-state index contributed by atoms with van der Waals surface area (Å²) in [6.45, 7) is 2.40. The normalized spacial score (nSPS) is 14.2. The molecule has 2 aromatic rings. The molecule has 0 bridgehead atoms. The van der Waals surface area contributed by atoms with Gasteiger partial charge in [-0.05, 0) is 36.4 Å². The van der Waals surface area contributed by atoms with E-state index < -0.39 is 0 Å². The zero-order valence-corrected chi connectivity index (χ0v) is 14.5. The van der Waals surface area contributed by atoms with Crippen molar-refractivity contribution in [2.75, 3.05) is 32.8 Å². The molecule has 1 aliphatic rings. The Bertz CT molecular complexity index is 738. The van der Waals surface area contributed by atoms with Gasteiger partial charge in [0.25, 0.3) is 5.91 Å². The Hall–Kier alpha value is -3.02. The summed E-state index contributed by atoms with van der Waals surface area (Å²) in [6.07, 6.45) is 0.320. The second-order valence-corrected chi connectivity index (χ2v) is 6.13. The zero-order chi connectivity index (χ0) is 18.4. The second-order valence-electron chi connectivity index (χ2n) is 6.13. The fraction of sp³-hybridized carbons (Fsp3) is 0.300. The van der Waals surface area contributed by atoms with Crippen LogP contribution in [0.5, 0.6) is 11.5 Å². The summed E-state index contributed by atoms with van der Waals surface area (Å²) >= 11 is 0. The molecule has 3 rings (SSSR count). The van der Waals surface area contributed by atoms with Crippen LogP contribution in [0.2, 0.25) is 0 Å². The number of amides is 2. The van der Waals surface area contributed by atoms with Gasteiger partial charge < -0.3 is 19.6 Å². The van der Waals surface area contributed by atoms with Crippen LogP contribution in [0.25, 0.3) is 0 Å². The van der Waals surface area contributed by atoms with E-state index in [9.17, 15) is 14.7 Å². The molecule has 1 fully saturated rings. The molecule has 136 valence electrons. The van der Waals surface area contributed by atoms with Gasteiger partial charge in [0.1, 0.15) is 11.5 Å². The number of rotatable bonds is 5. The highest BCUT2D eigenvalue weighted by molar-refractivity contribution is 5.94. The first-order chi connectivity index (χ1) is 12.6. The van der Waals surface area contributed by atoms with Crippen LogP contribution in [0.15, 0.2) is 54.6 Å². The number of aromatic hydroxyl groups is 1. The van der Waals surface area contributed by atoms with Crippen LogP contribution in [-0.4, -0.2) is 59.5 Å². The minimum atomic E-state index is -0.0792. The summed E-state index contributed by atoms with van der Waals surface area (Å²) in [5.41, 5.74) is 0.541. The third kappa shape index (κ3) is 4.53. The quantitative estimate of drug-likeness (QED) is 0.893. The molecule has 6 heteroatoms. The predicted octanol–water partition coefficient (Wildman–Crippen LogP) is 2.15. The van der Waals surface area contributed by atoms with Crippen LogP contribution >= 0.6 is 0 Å². The van der Waals surface area contributed by atoms with Crippen LogP contribution < -0.4 is 4.74 Å². The van der Waals surface area contributed by atoms with E-state index in [1.165, 1.54) is 12.1 Å². The molecule has 26 heavy (non-hydrogen) atoms. The monoisotopic (exact) mass is 354 g/mol. The van der Waals surface area contributed by atoms with Crippen molar-refractivity contribution in [3.63, 3.8) is 0 Å². The highest BCUT2D eigenvalue weighted by Gasteiger charge is 2.24. The van der Waals surface area contributed by atoms with E-state index in [1.807, 2.05) is 30.3 Å². The van der Waals surface area contributed by atoms with Crippen molar-refractivity contribution in [2.24, 2.45) is 0 Å². The summed E-state index contributed by atoms with van der Waals surface area (Å²) in [4.78, 5) is 28.2. The van der Waals surface area contributed by atoms with E-state index in [0.717, 1.165) is 5.75 Å². The minimum absolute atomic E-state index is 0.0395. The van der Waals surface area contributed by atoms with Gasteiger partial charge in [0, 0.05) is 31.7 Å². The molecule has 1 heterocycles. The number of hydrogen-bond donors (Lipinski definition) is 1. The van der Waals surface area contributed by atoms with E-state index >= 15 is 0 Å². The molecular formula is C20H22N2O4.